The van der Waals surface area contributed by atoms with Gasteiger partial charge in [0.25, 0.3) is 0 Å². The molecule has 6 heterocycles. The Morgan fingerprint density at radius 3 is 1.73 bits per heavy atom. The summed E-state index contributed by atoms with van der Waals surface area (Å²) in [7, 11) is 0. The Hall–Kier alpha value is -6.65. The van der Waals surface area contributed by atoms with Gasteiger partial charge in [0.1, 0.15) is 16.8 Å². The van der Waals surface area contributed by atoms with E-state index in [1.54, 1.807) is 86.0 Å². The first-order valence-electron chi connectivity index (χ1n) is 15.7. The Labute approximate surface area is 295 Å². The molecule has 0 spiro atoms. The summed E-state index contributed by atoms with van der Waals surface area (Å²) in [5.74, 6) is -0.00860. The minimum atomic E-state index is -0.466. The van der Waals surface area contributed by atoms with Crippen molar-refractivity contribution < 1.29 is 8.78 Å². The van der Waals surface area contributed by atoms with Gasteiger partial charge in [-0.1, -0.05) is 29.8 Å². The summed E-state index contributed by atoms with van der Waals surface area (Å²) >= 11 is 6.84. The van der Waals surface area contributed by atoms with Gasteiger partial charge in [-0.2, -0.15) is 0 Å². The Morgan fingerprint density at radius 1 is 0.451 bits per heavy atom. The van der Waals surface area contributed by atoms with Crippen molar-refractivity contribution in [2.24, 2.45) is 0 Å². The Morgan fingerprint density at radius 2 is 1.04 bits per heavy atom. The van der Waals surface area contributed by atoms with Crippen LogP contribution in [-0.2, 0) is 0 Å². The predicted molar refractivity (Wildman–Crippen MR) is 192 cm³/mol. The van der Waals surface area contributed by atoms with Crippen LogP contribution >= 0.6 is 11.6 Å². The standard InChI is InChI=1S/C40H23ClF2N8/c41-38-35(24-1-4-30(42)5-2-24)37(26-9-16-45-17-10-26)50-40(51-38)29-13-20-47-34(22-29)31-21-28(3-6-33(31)43)32-23-48-39(27-11-18-46-19-12-27)49-36(32)25-7-14-44-15-8-25/h1-23H. The zero-order valence-corrected chi connectivity index (χ0v) is 27.2. The fraction of sp³-hybridized carbons (Fsp3) is 0. The number of pyridine rings is 4. The van der Waals surface area contributed by atoms with Crippen LogP contribution in [0.5, 0.6) is 0 Å². The van der Waals surface area contributed by atoms with Crippen LogP contribution in [0.15, 0.2) is 141 Å². The number of hydrogen-bond acceptors (Lipinski definition) is 8. The first kappa shape index (κ1) is 31.6. The Bertz CT molecular complexity index is 2500. The molecule has 2 aromatic carbocycles. The van der Waals surface area contributed by atoms with Gasteiger partial charge in [0.2, 0.25) is 0 Å². The summed E-state index contributed by atoms with van der Waals surface area (Å²) in [6.07, 6.45) is 13.4. The van der Waals surface area contributed by atoms with Crippen LogP contribution in [0.3, 0.4) is 0 Å². The number of nitrogens with zero attached hydrogens (tertiary/aromatic N) is 8. The van der Waals surface area contributed by atoms with Crippen molar-refractivity contribution in [2.75, 3.05) is 0 Å². The lowest BCUT2D eigenvalue weighted by atomic mass is 9.97. The maximum atomic E-state index is 15.7. The molecule has 11 heteroatoms. The van der Waals surface area contributed by atoms with Crippen LogP contribution < -0.4 is 0 Å². The Kier molecular flexibility index (Phi) is 8.49. The second-order valence-corrected chi connectivity index (χ2v) is 11.7. The average molecular weight is 689 g/mol. The second-order valence-electron chi connectivity index (χ2n) is 11.4. The summed E-state index contributed by atoms with van der Waals surface area (Å²) in [5.41, 5.74) is 7.34. The molecule has 0 amide bonds. The van der Waals surface area contributed by atoms with Crippen LogP contribution in [0.1, 0.15) is 0 Å². The van der Waals surface area contributed by atoms with Crippen molar-refractivity contribution in [2.45, 2.75) is 0 Å². The molecule has 51 heavy (non-hydrogen) atoms. The van der Waals surface area contributed by atoms with Crippen molar-refractivity contribution in [3.05, 3.63) is 157 Å². The summed E-state index contributed by atoms with van der Waals surface area (Å²) in [4.78, 5) is 36.0. The van der Waals surface area contributed by atoms with Crippen LogP contribution in [0.25, 0.3) is 78.8 Å². The summed E-state index contributed by atoms with van der Waals surface area (Å²) in [6.45, 7) is 0. The highest BCUT2D eigenvalue weighted by Gasteiger charge is 2.20. The minimum Gasteiger partial charge on any atom is -0.265 e. The van der Waals surface area contributed by atoms with Gasteiger partial charge in [-0.05, 0) is 83.9 Å². The largest absolute Gasteiger partial charge is 0.265 e. The summed E-state index contributed by atoms with van der Waals surface area (Å²) in [5, 5.41) is 0.170. The molecule has 0 saturated carbocycles. The molecular weight excluding hydrogens is 666 g/mol. The molecule has 0 aliphatic rings. The Balaban J connectivity index is 1.23. The van der Waals surface area contributed by atoms with Crippen molar-refractivity contribution in [1.82, 2.24) is 39.9 Å². The molecule has 6 aromatic heterocycles. The number of aromatic nitrogens is 8. The normalized spacial score (nSPS) is 11.0. The number of hydrogen-bond donors (Lipinski definition) is 0. The maximum absolute atomic E-state index is 15.7. The smallest absolute Gasteiger partial charge is 0.161 e. The number of halogens is 3. The van der Waals surface area contributed by atoms with E-state index in [4.69, 9.17) is 21.6 Å². The molecule has 0 unspecified atom stereocenters. The van der Waals surface area contributed by atoms with Gasteiger partial charge in [-0.25, -0.2) is 28.7 Å². The molecule has 8 aromatic rings. The third-order valence-corrected chi connectivity index (χ3v) is 8.48. The van der Waals surface area contributed by atoms with Gasteiger partial charge in [0, 0.05) is 88.5 Å². The highest BCUT2D eigenvalue weighted by atomic mass is 35.5. The van der Waals surface area contributed by atoms with E-state index in [-0.39, 0.29) is 16.5 Å². The predicted octanol–water partition coefficient (Wildman–Crippen LogP) is 9.45. The summed E-state index contributed by atoms with van der Waals surface area (Å²) < 4.78 is 29.5. The van der Waals surface area contributed by atoms with E-state index in [0.29, 0.717) is 56.5 Å². The van der Waals surface area contributed by atoms with Crippen LogP contribution in [0.4, 0.5) is 8.78 Å². The zero-order valence-electron chi connectivity index (χ0n) is 26.5. The zero-order chi connectivity index (χ0) is 34.7. The van der Waals surface area contributed by atoms with Crippen molar-refractivity contribution in [3.63, 3.8) is 0 Å². The first-order chi connectivity index (χ1) is 25.0. The number of rotatable bonds is 7. The van der Waals surface area contributed by atoms with E-state index in [9.17, 15) is 4.39 Å². The minimum absolute atomic E-state index is 0.170. The third-order valence-electron chi connectivity index (χ3n) is 8.20. The summed E-state index contributed by atoms with van der Waals surface area (Å²) in [6, 6.07) is 25.3. The van der Waals surface area contributed by atoms with Gasteiger partial charge in [0.05, 0.1) is 17.1 Å². The van der Waals surface area contributed by atoms with Crippen LogP contribution in [0.2, 0.25) is 5.15 Å². The molecule has 0 radical (unpaired) electrons. The van der Waals surface area contributed by atoms with E-state index in [1.807, 2.05) is 36.4 Å². The highest BCUT2D eigenvalue weighted by molar-refractivity contribution is 6.33. The molecule has 244 valence electrons. The van der Waals surface area contributed by atoms with Gasteiger partial charge in [-0.15, -0.1) is 0 Å². The van der Waals surface area contributed by atoms with Crippen molar-refractivity contribution in [1.29, 1.82) is 0 Å². The van der Waals surface area contributed by atoms with Crippen LogP contribution in [0, 0.1) is 11.6 Å². The molecule has 8 rings (SSSR count). The molecule has 0 N–H and O–H groups in total. The lowest BCUT2D eigenvalue weighted by Crippen LogP contribution is -1.99. The average Bonchev–Trinajstić information content (AvgIpc) is 3.19. The first-order valence-corrected chi connectivity index (χ1v) is 16.1. The van der Waals surface area contributed by atoms with E-state index < -0.39 is 5.82 Å². The van der Waals surface area contributed by atoms with Gasteiger partial charge in [-0.3, -0.25) is 19.9 Å². The van der Waals surface area contributed by atoms with Crippen LogP contribution in [-0.4, -0.2) is 39.9 Å². The van der Waals surface area contributed by atoms with Crippen molar-refractivity contribution in [3.8, 4) is 78.8 Å². The van der Waals surface area contributed by atoms with E-state index in [0.717, 1.165) is 16.7 Å². The topological polar surface area (TPSA) is 103 Å². The molecule has 0 aliphatic heterocycles. The third kappa shape index (κ3) is 6.43. The lowest BCUT2D eigenvalue weighted by molar-refractivity contribution is 0.628. The second kappa shape index (κ2) is 13.7. The van der Waals surface area contributed by atoms with Gasteiger partial charge in [0.15, 0.2) is 11.6 Å². The fourth-order valence-corrected chi connectivity index (χ4v) is 6.00. The lowest BCUT2D eigenvalue weighted by Gasteiger charge is -2.14. The quantitative estimate of drug-likeness (QED) is 0.153. The maximum Gasteiger partial charge on any atom is 0.161 e. The molecule has 0 saturated heterocycles. The molecule has 0 bridgehead atoms. The van der Waals surface area contributed by atoms with Crippen molar-refractivity contribution >= 4 is 11.6 Å². The number of benzene rings is 2. The SMILES string of the molecule is Fc1ccc(-c2c(Cl)nc(-c3ccnc(-c4cc(-c5cnc(-c6ccncc6)nc5-c5ccncc5)ccc4F)c3)nc2-c2ccncc2)cc1. The van der Waals surface area contributed by atoms with E-state index >= 15 is 4.39 Å². The van der Waals surface area contributed by atoms with Gasteiger partial charge >= 0.3 is 0 Å². The molecular formula is C40H23ClF2N8. The molecule has 0 fully saturated rings. The van der Waals surface area contributed by atoms with E-state index in [1.165, 1.54) is 18.2 Å². The van der Waals surface area contributed by atoms with Gasteiger partial charge < -0.3 is 0 Å². The molecule has 0 atom stereocenters. The highest BCUT2D eigenvalue weighted by Crippen LogP contribution is 2.38. The fourth-order valence-electron chi connectivity index (χ4n) is 5.72. The monoisotopic (exact) mass is 688 g/mol. The molecule has 8 nitrogen and oxygen atoms in total. The molecule has 0 aliphatic carbocycles. The van der Waals surface area contributed by atoms with E-state index in [2.05, 4.69) is 29.9 Å².